The third kappa shape index (κ3) is 2.87. The summed E-state index contributed by atoms with van der Waals surface area (Å²) in [5.74, 6) is 2.75. The van der Waals surface area contributed by atoms with Gasteiger partial charge < -0.3 is 25.8 Å². The van der Waals surface area contributed by atoms with Crippen LogP contribution in [0.3, 0.4) is 0 Å². The molecule has 0 spiro atoms. The second kappa shape index (κ2) is 6.55. The molecule has 1 aromatic carbocycles. The van der Waals surface area contributed by atoms with Crippen LogP contribution in [0.25, 0.3) is 0 Å². The molecule has 1 aromatic heterocycles. The quantitative estimate of drug-likeness (QED) is 0.869. The summed E-state index contributed by atoms with van der Waals surface area (Å²) in [7, 11) is 3.37. The maximum atomic E-state index is 6.11. The van der Waals surface area contributed by atoms with Crippen LogP contribution in [0.2, 0.25) is 0 Å². The van der Waals surface area contributed by atoms with Crippen molar-refractivity contribution in [2.24, 2.45) is 0 Å². The number of hydrogen-bond donors (Lipinski definition) is 2. The smallest absolute Gasteiger partial charge is 0.221 e. The Kier molecular flexibility index (Phi) is 4.22. The number of rotatable bonds is 4. The molecule has 2 aliphatic rings. The summed E-state index contributed by atoms with van der Waals surface area (Å²) in [6.07, 6.45) is 6.22. The number of fused-ring (bicyclic) bond motifs is 2. The van der Waals surface area contributed by atoms with E-state index in [0.717, 1.165) is 35.6 Å². The Morgan fingerprint density at radius 1 is 1.00 bits per heavy atom. The zero-order valence-electron chi connectivity index (χ0n) is 15.2. The minimum absolute atomic E-state index is 0.232. The molecule has 4 rings (SSSR count). The zero-order chi connectivity index (χ0) is 18.3. The lowest BCUT2D eigenvalue weighted by molar-refractivity contribution is 0.390. The fourth-order valence-corrected chi connectivity index (χ4v) is 4.53. The van der Waals surface area contributed by atoms with Gasteiger partial charge in [-0.3, -0.25) is 0 Å². The Balaban J connectivity index is 1.61. The number of anilines is 3. The van der Waals surface area contributed by atoms with Crippen LogP contribution in [0.1, 0.15) is 37.2 Å². The molecule has 0 saturated carbocycles. The Morgan fingerprint density at radius 3 is 2.15 bits per heavy atom. The molecule has 2 aliphatic heterocycles. The minimum atomic E-state index is 0.232. The van der Waals surface area contributed by atoms with Crippen LogP contribution in [0.15, 0.2) is 24.4 Å². The molecule has 2 bridgehead atoms. The van der Waals surface area contributed by atoms with Crippen molar-refractivity contribution < 1.29 is 9.47 Å². The fourth-order valence-electron chi connectivity index (χ4n) is 4.53. The van der Waals surface area contributed by atoms with Crippen LogP contribution < -0.4 is 25.8 Å². The van der Waals surface area contributed by atoms with Crippen LogP contribution in [0.5, 0.6) is 11.5 Å². The first-order valence-corrected chi connectivity index (χ1v) is 8.98. The Labute approximate surface area is 153 Å². The second-order valence-corrected chi connectivity index (χ2v) is 7.10. The van der Waals surface area contributed by atoms with E-state index in [4.69, 9.17) is 20.9 Å². The van der Waals surface area contributed by atoms with Gasteiger partial charge in [0.05, 0.1) is 14.2 Å². The summed E-state index contributed by atoms with van der Waals surface area (Å²) in [6, 6.07) is 7.02. The van der Waals surface area contributed by atoms with Gasteiger partial charge in [-0.05, 0) is 31.6 Å². The molecule has 7 heteroatoms. The first kappa shape index (κ1) is 16.8. The van der Waals surface area contributed by atoms with Crippen molar-refractivity contribution >= 4 is 17.5 Å². The predicted octanol–water partition coefficient (Wildman–Crippen LogP) is 2.57. The molecule has 7 nitrogen and oxygen atoms in total. The van der Waals surface area contributed by atoms with Gasteiger partial charge in [0.1, 0.15) is 17.3 Å². The summed E-state index contributed by atoms with van der Waals surface area (Å²) in [5, 5.41) is 0. The van der Waals surface area contributed by atoms with Gasteiger partial charge in [-0.2, -0.15) is 4.98 Å². The van der Waals surface area contributed by atoms with E-state index in [1.54, 1.807) is 20.4 Å². The van der Waals surface area contributed by atoms with Crippen LogP contribution in [0.4, 0.5) is 17.5 Å². The highest BCUT2D eigenvalue weighted by Gasteiger charge is 2.42. The summed E-state index contributed by atoms with van der Waals surface area (Å²) in [5.41, 5.74) is 13.9. The topological polar surface area (TPSA) is 99.5 Å². The van der Waals surface area contributed by atoms with E-state index in [1.165, 1.54) is 12.8 Å². The van der Waals surface area contributed by atoms with Crippen molar-refractivity contribution in [3.8, 4) is 11.5 Å². The number of ether oxygens (including phenoxy) is 2. The van der Waals surface area contributed by atoms with Crippen molar-refractivity contribution in [2.75, 3.05) is 30.6 Å². The first-order valence-electron chi connectivity index (χ1n) is 8.98. The van der Waals surface area contributed by atoms with Crippen LogP contribution in [-0.4, -0.2) is 36.3 Å². The molecular weight excluding hydrogens is 330 g/mol. The van der Waals surface area contributed by atoms with Gasteiger partial charge in [-0.1, -0.05) is 0 Å². The van der Waals surface area contributed by atoms with E-state index in [1.807, 2.05) is 6.07 Å². The van der Waals surface area contributed by atoms with E-state index < -0.39 is 0 Å². The van der Waals surface area contributed by atoms with Crippen molar-refractivity contribution in [1.29, 1.82) is 0 Å². The predicted molar refractivity (Wildman–Crippen MR) is 102 cm³/mol. The number of hydrogen-bond acceptors (Lipinski definition) is 7. The lowest BCUT2D eigenvalue weighted by atomic mass is 9.85. The van der Waals surface area contributed by atoms with Gasteiger partial charge in [0.25, 0.3) is 0 Å². The molecule has 4 N–H and O–H groups in total. The monoisotopic (exact) mass is 355 g/mol. The van der Waals surface area contributed by atoms with Gasteiger partial charge >= 0.3 is 0 Å². The molecular formula is C19H25N5O2. The molecule has 138 valence electrons. The van der Waals surface area contributed by atoms with Crippen LogP contribution in [-0.2, 0) is 0 Å². The summed E-state index contributed by atoms with van der Waals surface area (Å²) < 4.78 is 10.9. The van der Waals surface area contributed by atoms with E-state index >= 15 is 0 Å². The molecule has 0 amide bonds. The largest absolute Gasteiger partial charge is 0.497 e. The van der Waals surface area contributed by atoms with Crippen LogP contribution >= 0.6 is 0 Å². The lowest BCUT2D eigenvalue weighted by Crippen LogP contribution is -2.42. The maximum absolute atomic E-state index is 6.11. The normalized spacial score (nSPS) is 24.5. The molecule has 3 heterocycles. The highest BCUT2D eigenvalue weighted by molar-refractivity contribution is 5.58. The SMILES string of the molecule is COc1cc(OC)cc(N2[C@@H]3CC[C@H]2CC(c2cnc(N)nc2N)C3)c1. The van der Waals surface area contributed by atoms with Crippen molar-refractivity contribution in [3.63, 3.8) is 0 Å². The minimum Gasteiger partial charge on any atom is -0.497 e. The van der Waals surface area contributed by atoms with Crippen LogP contribution in [0, 0.1) is 0 Å². The number of aromatic nitrogens is 2. The third-order valence-electron chi connectivity index (χ3n) is 5.67. The van der Waals surface area contributed by atoms with E-state index in [2.05, 4.69) is 27.0 Å². The van der Waals surface area contributed by atoms with Crippen molar-refractivity contribution in [1.82, 2.24) is 9.97 Å². The van der Waals surface area contributed by atoms with Gasteiger partial charge in [0, 0.05) is 47.7 Å². The number of nitrogens with zero attached hydrogens (tertiary/aromatic N) is 3. The number of piperidine rings is 1. The standard InChI is InChI=1S/C19H25N5O2/c1-25-15-7-14(8-16(9-15)26-2)24-12-3-4-13(24)6-11(5-12)17-10-22-19(21)23-18(17)20/h7-13H,3-6H2,1-2H3,(H4,20,21,22,23)/t11?,12-,13+. The lowest BCUT2D eigenvalue weighted by Gasteiger charge is -2.41. The van der Waals surface area contributed by atoms with Crippen molar-refractivity contribution in [2.45, 2.75) is 43.7 Å². The third-order valence-corrected chi connectivity index (χ3v) is 5.67. The number of benzene rings is 1. The zero-order valence-corrected chi connectivity index (χ0v) is 15.2. The summed E-state index contributed by atoms with van der Waals surface area (Å²) in [6.45, 7) is 0. The highest BCUT2D eigenvalue weighted by atomic mass is 16.5. The highest BCUT2D eigenvalue weighted by Crippen LogP contribution is 2.47. The van der Waals surface area contributed by atoms with Gasteiger partial charge in [0.2, 0.25) is 5.95 Å². The molecule has 26 heavy (non-hydrogen) atoms. The Morgan fingerprint density at radius 2 is 1.62 bits per heavy atom. The average Bonchev–Trinajstić information content (AvgIpc) is 2.91. The second-order valence-electron chi connectivity index (χ2n) is 7.10. The average molecular weight is 355 g/mol. The van der Waals surface area contributed by atoms with Gasteiger partial charge in [-0.25, -0.2) is 4.98 Å². The van der Waals surface area contributed by atoms with Crippen molar-refractivity contribution in [3.05, 3.63) is 30.0 Å². The Bertz CT molecular complexity index is 776. The molecule has 2 fully saturated rings. The molecule has 1 unspecified atom stereocenters. The number of methoxy groups -OCH3 is 2. The van der Waals surface area contributed by atoms with Gasteiger partial charge in [-0.15, -0.1) is 0 Å². The van der Waals surface area contributed by atoms with E-state index in [-0.39, 0.29) is 5.95 Å². The summed E-state index contributed by atoms with van der Waals surface area (Å²) in [4.78, 5) is 10.8. The molecule has 0 aliphatic carbocycles. The Hall–Kier alpha value is -2.70. The number of nitrogen functional groups attached to an aromatic ring is 2. The maximum Gasteiger partial charge on any atom is 0.221 e. The van der Waals surface area contributed by atoms with Gasteiger partial charge in [0.15, 0.2) is 0 Å². The molecule has 2 aromatic rings. The molecule has 0 radical (unpaired) electrons. The first-order chi connectivity index (χ1) is 12.6. The molecule has 2 saturated heterocycles. The van der Waals surface area contributed by atoms with E-state index in [9.17, 15) is 0 Å². The number of nitrogens with two attached hydrogens (primary N) is 2. The summed E-state index contributed by atoms with van der Waals surface area (Å²) >= 11 is 0. The molecule has 3 atom stereocenters. The van der Waals surface area contributed by atoms with E-state index in [0.29, 0.717) is 23.8 Å². The fraction of sp³-hybridized carbons (Fsp3) is 0.474.